The van der Waals surface area contributed by atoms with Crippen LogP contribution in [0.4, 0.5) is 5.69 Å². The molecule has 1 aliphatic carbocycles. The van der Waals surface area contributed by atoms with Gasteiger partial charge >= 0.3 is 0 Å². The van der Waals surface area contributed by atoms with Crippen LogP contribution in [0.15, 0.2) is 12.5 Å². The Hall–Kier alpha value is -1.85. The van der Waals surface area contributed by atoms with Crippen LogP contribution in [0.3, 0.4) is 0 Å². The third-order valence-corrected chi connectivity index (χ3v) is 3.65. The van der Waals surface area contributed by atoms with E-state index < -0.39 is 0 Å². The second-order valence-corrected chi connectivity index (χ2v) is 4.69. The Morgan fingerprint density at radius 3 is 2.65 bits per heavy atom. The number of anilines is 1. The summed E-state index contributed by atoms with van der Waals surface area (Å²) in [5, 5.41) is 8.43. The van der Waals surface area contributed by atoms with Gasteiger partial charge in [0.25, 0.3) is 0 Å². The van der Waals surface area contributed by atoms with Crippen molar-refractivity contribution >= 4 is 5.69 Å². The van der Waals surface area contributed by atoms with Crippen LogP contribution in [0.25, 0.3) is 0 Å². The summed E-state index contributed by atoms with van der Waals surface area (Å²) >= 11 is 0. The van der Waals surface area contributed by atoms with E-state index >= 15 is 0 Å². The van der Waals surface area contributed by atoms with E-state index in [0.29, 0.717) is 12.0 Å². The molecule has 1 saturated carbocycles. The van der Waals surface area contributed by atoms with E-state index in [9.17, 15) is 0 Å². The van der Waals surface area contributed by atoms with Gasteiger partial charge in [0, 0.05) is 13.0 Å². The van der Waals surface area contributed by atoms with Gasteiger partial charge in [0.05, 0.1) is 23.6 Å². The Kier molecular flexibility index (Phi) is 2.17. The molecule has 17 heavy (non-hydrogen) atoms. The van der Waals surface area contributed by atoms with Crippen LogP contribution in [-0.4, -0.2) is 24.5 Å². The summed E-state index contributed by atoms with van der Waals surface area (Å²) in [6.45, 7) is 2.01. The van der Waals surface area contributed by atoms with Crippen LogP contribution in [0, 0.1) is 6.92 Å². The third kappa shape index (κ3) is 1.51. The molecule has 1 fully saturated rings. The number of nitrogen functional groups attached to an aromatic ring is 1. The van der Waals surface area contributed by atoms with Crippen molar-refractivity contribution in [2.45, 2.75) is 31.7 Å². The van der Waals surface area contributed by atoms with E-state index in [-0.39, 0.29) is 0 Å². The van der Waals surface area contributed by atoms with Crippen molar-refractivity contribution in [2.24, 2.45) is 7.05 Å². The first-order valence-electron chi connectivity index (χ1n) is 5.80. The minimum Gasteiger partial charge on any atom is -0.396 e. The molecule has 2 aromatic rings. The maximum atomic E-state index is 5.80. The molecule has 90 valence electrons. The lowest BCUT2D eigenvalue weighted by atomic mass is 9.79. The summed E-state index contributed by atoms with van der Waals surface area (Å²) in [5.74, 6) is 1.57. The molecule has 0 unspecified atom stereocenters. The fourth-order valence-electron chi connectivity index (χ4n) is 2.48. The molecule has 2 N–H and O–H groups in total. The number of nitrogens with zero attached hydrogens (tertiary/aromatic N) is 5. The maximum Gasteiger partial charge on any atom is 0.138 e. The van der Waals surface area contributed by atoms with Gasteiger partial charge in [0.2, 0.25) is 0 Å². The molecule has 0 spiro atoms. The Bertz CT molecular complexity index is 534. The zero-order valence-electron chi connectivity index (χ0n) is 10.0. The first kappa shape index (κ1) is 10.3. The highest BCUT2D eigenvalue weighted by Gasteiger charge is 2.35. The fraction of sp³-hybridized carbons (Fsp3) is 0.545. The summed E-state index contributed by atoms with van der Waals surface area (Å²) < 4.78 is 3.88. The summed E-state index contributed by atoms with van der Waals surface area (Å²) in [5.41, 5.74) is 7.63. The van der Waals surface area contributed by atoms with Crippen LogP contribution < -0.4 is 5.73 Å². The Labute approximate surface area is 99.4 Å². The van der Waals surface area contributed by atoms with E-state index in [0.717, 1.165) is 30.0 Å². The number of nitrogens with two attached hydrogens (primary N) is 1. The molecule has 0 aliphatic heterocycles. The largest absolute Gasteiger partial charge is 0.396 e. The van der Waals surface area contributed by atoms with Crippen molar-refractivity contribution in [3.8, 4) is 0 Å². The minimum atomic E-state index is 0.453. The number of hydrogen-bond donors (Lipinski definition) is 1. The molecule has 0 amide bonds. The Morgan fingerprint density at radius 1 is 1.35 bits per heavy atom. The van der Waals surface area contributed by atoms with Gasteiger partial charge in [-0.1, -0.05) is 0 Å². The molecule has 6 nitrogen and oxygen atoms in total. The van der Waals surface area contributed by atoms with Crippen LogP contribution >= 0.6 is 0 Å². The number of aromatic nitrogens is 5. The van der Waals surface area contributed by atoms with E-state index in [1.165, 1.54) is 0 Å². The van der Waals surface area contributed by atoms with Gasteiger partial charge in [0.1, 0.15) is 12.2 Å². The predicted octanol–water partition coefficient (Wildman–Crippen LogP) is 1.02. The van der Waals surface area contributed by atoms with Gasteiger partial charge in [-0.3, -0.25) is 9.36 Å². The summed E-state index contributed by atoms with van der Waals surface area (Å²) in [6, 6.07) is 0.453. The molecule has 6 heteroatoms. The normalized spacial score (nSPS) is 23.6. The summed E-state index contributed by atoms with van der Waals surface area (Å²) in [6.07, 6.45) is 5.47. The van der Waals surface area contributed by atoms with Gasteiger partial charge < -0.3 is 5.73 Å². The van der Waals surface area contributed by atoms with Crippen LogP contribution in [0.5, 0.6) is 0 Å². The lowest BCUT2D eigenvalue weighted by molar-refractivity contribution is 0.230. The molecule has 0 atom stereocenters. The van der Waals surface area contributed by atoms with Gasteiger partial charge in [-0.05, 0) is 19.8 Å². The van der Waals surface area contributed by atoms with Crippen LogP contribution in [-0.2, 0) is 7.05 Å². The average Bonchev–Trinajstić information content (AvgIpc) is 2.78. The van der Waals surface area contributed by atoms with Crippen molar-refractivity contribution in [3.05, 3.63) is 24.0 Å². The first-order chi connectivity index (χ1) is 8.16. The highest BCUT2D eigenvalue weighted by molar-refractivity contribution is 5.40. The molecule has 1 aliphatic rings. The van der Waals surface area contributed by atoms with E-state index in [1.807, 2.05) is 23.3 Å². The minimum absolute atomic E-state index is 0.453. The van der Waals surface area contributed by atoms with Gasteiger partial charge in [-0.2, -0.15) is 10.2 Å². The Balaban J connectivity index is 1.73. The maximum absolute atomic E-state index is 5.80. The van der Waals surface area contributed by atoms with Gasteiger partial charge in [-0.15, -0.1) is 0 Å². The predicted molar refractivity (Wildman–Crippen MR) is 63.4 cm³/mol. The molecular formula is C11H16N6. The molecule has 2 heterocycles. The number of rotatable bonds is 2. The van der Waals surface area contributed by atoms with E-state index in [1.54, 1.807) is 12.5 Å². The quantitative estimate of drug-likeness (QED) is 0.838. The molecule has 2 aromatic heterocycles. The van der Waals surface area contributed by atoms with Gasteiger partial charge in [0.15, 0.2) is 0 Å². The molecule has 3 rings (SSSR count). The highest BCUT2D eigenvalue weighted by atomic mass is 15.3. The monoisotopic (exact) mass is 232 g/mol. The topological polar surface area (TPSA) is 74.6 Å². The zero-order chi connectivity index (χ0) is 12.0. The Morgan fingerprint density at radius 2 is 2.12 bits per heavy atom. The summed E-state index contributed by atoms with van der Waals surface area (Å²) in [7, 11) is 1.94. The van der Waals surface area contributed by atoms with Gasteiger partial charge in [-0.25, -0.2) is 4.98 Å². The second kappa shape index (κ2) is 3.58. The molecule has 0 radical (unpaired) electrons. The van der Waals surface area contributed by atoms with Crippen molar-refractivity contribution < 1.29 is 0 Å². The molecule has 0 saturated heterocycles. The zero-order valence-corrected chi connectivity index (χ0v) is 10.0. The fourth-order valence-corrected chi connectivity index (χ4v) is 2.48. The highest BCUT2D eigenvalue weighted by Crippen LogP contribution is 2.44. The van der Waals surface area contributed by atoms with Crippen LogP contribution in [0.1, 0.15) is 36.3 Å². The summed E-state index contributed by atoms with van der Waals surface area (Å²) in [4.78, 5) is 4.29. The third-order valence-electron chi connectivity index (χ3n) is 3.65. The van der Waals surface area contributed by atoms with E-state index in [2.05, 4.69) is 15.2 Å². The molecule has 0 bridgehead atoms. The average molecular weight is 232 g/mol. The number of hydrogen-bond acceptors (Lipinski definition) is 4. The van der Waals surface area contributed by atoms with E-state index in [4.69, 9.17) is 5.73 Å². The van der Waals surface area contributed by atoms with Crippen molar-refractivity contribution in [1.29, 1.82) is 0 Å². The number of aryl methyl sites for hydroxylation is 1. The molecule has 0 aromatic carbocycles. The lowest BCUT2D eigenvalue weighted by Crippen LogP contribution is -2.28. The first-order valence-corrected chi connectivity index (χ1v) is 5.80. The van der Waals surface area contributed by atoms with Crippen molar-refractivity contribution in [1.82, 2.24) is 24.5 Å². The van der Waals surface area contributed by atoms with Crippen LogP contribution in [0.2, 0.25) is 0 Å². The van der Waals surface area contributed by atoms with Crippen molar-refractivity contribution in [2.75, 3.05) is 5.73 Å². The molecular weight excluding hydrogens is 216 g/mol. The van der Waals surface area contributed by atoms with Crippen molar-refractivity contribution in [3.63, 3.8) is 0 Å². The standard InChI is InChI=1S/C11H16N6/c1-7-10(12)5-14-17(7)9-3-8(4-9)11-13-6-15-16(11)2/h5-6,8-9H,3-4,12H2,1-2H3/t8-,9-. The SMILES string of the molecule is Cc1c(N)cnn1[C@H]1C[C@H](c2ncnn2C)C1. The smallest absolute Gasteiger partial charge is 0.138 e. The second-order valence-electron chi connectivity index (χ2n) is 4.69. The lowest BCUT2D eigenvalue weighted by Gasteiger charge is -2.35.